The van der Waals surface area contributed by atoms with Gasteiger partial charge in [0.25, 0.3) is 5.91 Å². The van der Waals surface area contributed by atoms with Crippen LogP contribution in [0.4, 0.5) is 0 Å². The van der Waals surface area contributed by atoms with E-state index in [1.165, 1.54) is 0 Å². The Bertz CT molecular complexity index is 879. The van der Waals surface area contributed by atoms with Gasteiger partial charge in [-0.15, -0.1) is 0 Å². The second kappa shape index (κ2) is 7.81. The molecule has 0 saturated heterocycles. The molecule has 1 amide bonds. The summed E-state index contributed by atoms with van der Waals surface area (Å²) >= 11 is 6.00. The number of ether oxygens (including phenoxy) is 1. The summed E-state index contributed by atoms with van der Waals surface area (Å²) in [4.78, 5) is 16.4. The summed E-state index contributed by atoms with van der Waals surface area (Å²) in [5, 5.41) is 7.16. The molecule has 0 unspecified atom stereocenters. The van der Waals surface area contributed by atoms with E-state index in [0.29, 0.717) is 41.0 Å². The van der Waals surface area contributed by atoms with Crippen LogP contribution < -0.4 is 10.1 Å². The van der Waals surface area contributed by atoms with Crippen LogP contribution in [0.5, 0.6) is 5.75 Å². The van der Waals surface area contributed by atoms with Crippen molar-refractivity contribution in [2.75, 3.05) is 13.7 Å². The Labute approximate surface area is 149 Å². The Morgan fingerprint density at radius 2 is 1.96 bits per heavy atom. The summed E-state index contributed by atoms with van der Waals surface area (Å²) in [6.07, 6.45) is 0.415. The molecule has 0 atom stereocenters. The fourth-order valence-corrected chi connectivity index (χ4v) is 2.54. The molecular weight excluding hydrogens is 342 g/mol. The Balaban J connectivity index is 1.61. The average Bonchev–Trinajstić information content (AvgIpc) is 3.10. The number of hydrogen-bond acceptors (Lipinski definition) is 5. The van der Waals surface area contributed by atoms with Crippen LogP contribution in [-0.2, 0) is 6.42 Å². The molecule has 0 aliphatic heterocycles. The zero-order valence-corrected chi connectivity index (χ0v) is 14.3. The maximum Gasteiger partial charge on any atom is 0.252 e. The van der Waals surface area contributed by atoms with E-state index in [4.69, 9.17) is 20.9 Å². The average molecular weight is 358 g/mol. The number of amides is 1. The molecule has 128 valence electrons. The number of nitrogens with zero attached hydrogens (tertiary/aromatic N) is 2. The van der Waals surface area contributed by atoms with Crippen LogP contribution in [0.25, 0.3) is 11.4 Å². The van der Waals surface area contributed by atoms with Gasteiger partial charge in [-0.2, -0.15) is 4.98 Å². The molecule has 0 fully saturated rings. The first-order chi connectivity index (χ1) is 12.2. The molecule has 3 aromatic rings. The van der Waals surface area contributed by atoms with Crippen molar-refractivity contribution >= 4 is 17.5 Å². The molecule has 6 nitrogen and oxygen atoms in total. The van der Waals surface area contributed by atoms with Gasteiger partial charge in [0.2, 0.25) is 11.7 Å². The second-order valence-corrected chi connectivity index (χ2v) is 5.60. The quantitative estimate of drug-likeness (QED) is 0.731. The van der Waals surface area contributed by atoms with E-state index in [1.54, 1.807) is 31.4 Å². The first kappa shape index (κ1) is 17.0. The fourth-order valence-electron chi connectivity index (χ4n) is 2.32. The molecule has 0 aliphatic carbocycles. The minimum Gasteiger partial charge on any atom is -0.496 e. The summed E-state index contributed by atoms with van der Waals surface area (Å²) in [6.45, 7) is 0.359. The van der Waals surface area contributed by atoms with Crippen molar-refractivity contribution in [3.05, 3.63) is 65.0 Å². The van der Waals surface area contributed by atoms with Gasteiger partial charge in [0.1, 0.15) is 5.75 Å². The van der Waals surface area contributed by atoms with Gasteiger partial charge in [-0.3, -0.25) is 4.79 Å². The van der Waals surface area contributed by atoms with Gasteiger partial charge in [-0.1, -0.05) is 41.0 Å². The van der Waals surface area contributed by atoms with Gasteiger partial charge < -0.3 is 14.6 Å². The van der Waals surface area contributed by atoms with Gasteiger partial charge in [0.15, 0.2) is 0 Å². The molecule has 25 heavy (non-hydrogen) atoms. The number of carbonyl (C=O) groups is 1. The largest absolute Gasteiger partial charge is 0.496 e. The van der Waals surface area contributed by atoms with Gasteiger partial charge >= 0.3 is 0 Å². The molecule has 7 heteroatoms. The minimum atomic E-state index is -0.241. The lowest BCUT2D eigenvalue weighted by atomic mass is 10.2. The van der Waals surface area contributed by atoms with Crippen LogP contribution in [0.2, 0.25) is 5.02 Å². The van der Waals surface area contributed by atoms with Crippen LogP contribution >= 0.6 is 11.6 Å². The summed E-state index contributed by atoms with van der Waals surface area (Å²) < 4.78 is 10.5. The number of aromatic nitrogens is 2. The monoisotopic (exact) mass is 357 g/mol. The zero-order chi connectivity index (χ0) is 17.6. The third kappa shape index (κ3) is 3.97. The number of benzene rings is 2. The standard InChI is InChI=1S/C18H16ClN3O3/c1-24-15-9-5-3-7-13(15)17-21-16(25-22-17)10-11-20-18(23)12-6-2-4-8-14(12)19/h2-9H,10-11H2,1H3,(H,20,23). The van der Waals surface area contributed by atoms with Crippen LogP contribution in [-0.4, -0.2) is 29.7 Å². The van der Waals surface area contributed by atoms with E-state index in [2.05, 4.69) is 15.5 Å². The molecule has 0 radical (unpaired) electrons. The van der Waals surface area contributed by atoms with Crippen molar-refractivity contribution < 1.29 is 14.1 Å². The number of nitrogens with one attached hydrogen (secondary N) is 1. The number of para-hydroxylation sites is 1. The maximum atomic E-state index is 12.1. The number of hydrogen-bond donors (Lipinski definition) is 1. The van der Waals surface area contributed by atoms with E-state index < -0.39 is 0 Å². The molecule has 1 heterocycles. The van der Waals surface area contributed by atoms with E-state index in [1.807, 2.05) is 24.3 Å². The highest BCUT2D eigenvalue weighted by Gasteiger charge is 2.13. The maximum absolute atomic E-state index is 12.1. The SMILES string of the molecule is COc1ccccc1-c1noc(CCNC(=O)c2ccccc2Cl)n1. The molecule has 3 rings (SSSR count). The molecule has 2 aromatic carbocycles. The summed E-state index contributed by atoms with van der Waals surface area (Å²) in [6, 6.07) is 14.3. The predicted molar refractivity (Wildman–Crippen MR) is 93.8 cm³/mol. The van der Waals surface area contributed by atoms with Crippen LogP contribution in [0.3, 0.4) is 0 Å². The molecule has 1 N–H and O–H groups in total. The number of methoxy groups -OCH3 is 1. The lowest BCUT2D eigenvalue weighted by Crippen LogP contribution is -2.26. The molecular formula is C18H16ClN3O3. The van der Waals surface area contributed by atoms with Crippen molar-refractivity contribution in [2.45, 2.75) is 6.42 Å². The van der Waals surface area contributed by atoms with E-state index in [0.717, 1.165) is 5.56 Å². The lowest BCUT2D eigenvalue weighted by Gasteiger charge is -2.05. The zero-order valence-electron chi connectivity index (χ0n) is 13.5. The Morgan fingerprint density at radius 1 is 1.20 bits per heavy atom. The highest BCUT2D eigenvalue weighted by molar-refractivity contribution is 6.33. The van der Waals surface area contributed by atoms with Gasteiger partial charge in [0.05, 0.1) is 23.3 Å². The summed E-state index contributed by atoms with van der Waals surface area (Å²) in [5.41, 5.74) is 1.18. The Morgan fingerprint density at radius 3 is 2.76 bits per heavy atom. The second-order valence-electron chi connectivity index (χ2n) is 5.20. The smallest absolute Gasteiger partial charge is 0.252 e. The number of carbonyl (C=O) groups excluding carboxylic acids is 1. The molecule has 0 bridgehead atoms. The highest BCUT2D eigenvalue weighted by Crippen LogP contribution is 2.27. The van der Waals surface area contributed by atoms with Crippen molar-refractivity contribution in [1.29, 1.82) is 0 Å². The van der Waals surface area contributed by atoms with Gasteiger partial charge in [0, 0.05) is 13.0 Å². The first-order valence-electron chi connectivity index (χ1n) is 7.67. The third-order valence-electron chi connectivity index (χ3n) is 3.56. The van der Waals surface area contributed by atoms with E-state index in [9.17, 15) is 4.79 Å². The van der Waals surface area contributed by atoms with Crippen molar-refractivity contribution in [3.8, 4) is 17.1 Å². The lowest BCUT2D eigenvalue weighted by molar-refractivity contribution is 0.0953. The predicted octanol–water partition coefficient (Wildman–Crippen LogP) is 3.37. The molecule has 0 aliphatic rings. The molecule has 0 spiro atoms. The summed E-state index contributed by atoms with van der Waals surface area (Å²) in [5.74, 6) is 1.31. The Kier molecular flexibility index (Phi) is 5.30. The van der Waals surface area contributed by atoms with E-state index >= 15 is 0 Å². The highest BCUT2D eigenvalue weighted by atomic mass is 35.5. The van der Waals surface area contributed by atoms with E-state index in [-0.39, 0.29) is 5.91 Å². The minimum absolute atomic E-state index is 0.241. The Hall–Kier alpha value is -2.86. The van der Waals surface area contributed by atoms with Crippen molar-refractivity contribution in [3.63, 3.8) is 0 Å². The van der Waals surface area contributed by atoms with Gasteiger partial charge in [-0.05, 0) is 24.3 Å². The summed E-state index contributed by atoms with van der Waals surface area (Å²) in [7, 11) is 1.59. The number of rotatable bonds is 6. The first-order valence-corrected chi connectivity index (χ1v) is 8.05. The van der Waals surface area contributed by atoms with Crippen molar-refractivity contribution in [1.82, 2.24) is 15.5 Å². The van der Waals surface area contributed by atoms with Crippen LogP contribution in [0.1, 0.15) is 16.2 Å². The van der Waals surface area contributed by atoms with Crippen LogP contribution in [0.15, 0.2) is 53.1 Å². The fraction of sp³-hybridized carbons (Fsp3) is 0.167. The van der Waals surface area contributed by atoms with Gasteiger partial charge in [-0.25, -0.2) is 0 Å². The topological polar surface area (TPSA) is 77.3 Å². The van der Waals surface area contributed by atoms with Crippen LogP contribution in [0, 0.1) is 0 Å². The third-order valence-corrected chi connectivity index (χ3v) is 3.89. The normalized spacial score (nSPS) is 10.5. The molecule has 0 saturated carbocycles. The number of halogens is 1. The molecule has 1 aromatic heterocycles. The van der Waals surface area contributed by atoms with Crippen molar-refractivity contribution in [2.24, 2.45) is 0 Å².